The van der Waals surface area contributed by atoms with Crippen LogP contribution in [0.25, 0.3) is 0 Å². The van der Waals surface area contributed by atoms with Gasteiger partial charge in [0.2, 0.25) is 0 Å². The van der Waals surface area contributed by atoms with Crippen LogP contribution in [0.3, 0.4) is 0 Å². The van der Waals surface area contributed by atoms with E-state index in [2.05, 4.69) is 10.4 Å². The molecule has 0 bridgehead atoms. The normalized spacial score (nSPS) is 10.3. The summed E-state index contributed by atoms with van der Waals surface area (Å²) in [5.74, 6) is -1.76. The number of nitro groups is 3. The van der Waals surface area contributed by atoms with Crippen molar-refractivity contribution in [2.24, 2.45) is 0 Å². The highest BCUT2D eigenvalue weighted by Crippen LogP contribution is 2.32. The molecule has 0 fully saturated rings. The summed E-state index contributed by atoms with van der Waals surface area (Å²) in [5, 5.41) is 39.5. The maximum atomic E-state index is 12.1. The molecule has 0 atom stereocenters. The molecule has 0 radical (unpaired) electrons. The van der Waals surface area contributed by atoms with Crippen molar-refractivity contribution >= 4 is 40.4 Å². The van der Waals surface area contributed by atoms with Gasteiger partial charge in [0.15, 0.2) is 10.7 Å². The van der Waals surface area contributed by atoms with Gasteiger partial charge in [-0.15, -0.1) is 5.10 Å². The number of hydrogen-bond acceptors (Lipinski definition) is 8. The summed E-state index contributed by atoms with van der Waals surface area (Å²) in [6.45, 7) is 1.19. The van der Waals surface area contributed by atoms with E-state index in [-0.39, 0.29) is 11.3 Å². The van der Waals surface area contributed by atoms with Gasteiger partial charge in [0, 0.05) is 12.1 Å². The first-order valence-corrected chi connectivity index (χ1v) is 6.64. The van der Waals surface area contributed by atoms with Crippen molar-refractivity contribution in [1.29, 1.82) is 0 Å². The Balaban J connectivity index is 2.43. The molecule has 14 heteroatoms. The van der Waals surface area contributed by atoms with Gasteiger partial charge in [-0.25, -0.2) is 0 Å². The molecule has 2 rings (SSSR count). The molecule has 1 aromatic carbocycles. The predicted molar refractivity (Wildman–Crippen MR) is 82.7 cm³/mol. The van der Waals surface area contributed by atoms with E-state index in [0.717, 1.165) is 12.1 Å². The first-order chi connectivity index (χ1) is 11.6. The topological polar surface area (TPSA) is 187 Å². The van der Waals surface area contributed by atoms with Crippen molar-refractivity contribution in [3.05, 3.63) is 58.8 Å². The van der Waals surface area contributed by atoms with Gasteiger partial charge >= 0.3 is 5.82 Å². The number of carbonyl (C=O) groups is 1. The molecule has 0 aliphatic carbocycles. The number of anilines is 1. The van der Waals surface area contributed by atoms with Crippen molar-refractivity contribution in [3.8, 4) is 0 Å². The number of nitro benzene ring substituents is 2. The summed E-state index contributed by atoms with van der Waals surface area (Å²) in [7, 11) is 0. The van der Waals surface area contributed by atoms with Crippen molar-refractivity contribution in [2.75, 3.05) is 5.32 Å². The third-order valence-corrected chi connectivity index (χ3v) is 3.45. The van der Waals surface area contributed by atoms with Gasteiger partial charge in [-0.3, -0.25) is 25.0 Å². The third-order valence-electron chi connectivity index (χ3n) is 3.09. The zero-order valence-electron chi connectivity index (χ0n) is 12.2. The van der Waals surface area contributed by atoms with Crippen LogP contribution >= 0.6 is 11.6 Å². The first-order valence-electron chi connectivity index (χ1n) is 6.26. The fourth-order valence-electron chi connectivity index (χ4n) is 1.92. The summed E-state index contributed by atoms with van der Waals surface area (Å²) in [6, 6.07) is 1.82. The molecule has 130 valence electrons. The lowest BCUT2D eigenvalue weighted by Crippen LogP contribution is -2.13. The van der Waals surface area contributed by atoms with E-state index >= 15 is 0 Å². The van der Waals surface area contributed by atoms with Gasteiger partial charge in [0.25, 0.3) is 17.3 Å². The highest BCUT2D eigenvalue weighted by molar-refractivity contribution is 6.35. The Hall–Kier alpha value is -3.61. The molecule has 0 spiro atoms. The fourth-order valence-corrected chi connectivity index (χ4v) is 2.16. The van der Waals surface area contributed by atoms with Crippen molar-refractivity contribution in [2.45, 2.75) is 6.92 Å². The summed E-state index contributed by atoms with van der Waals surface area (Å²) < 4.78 is 0. The lowest BCUT2D eigenvalue weighted by molar-refractivity contribution is -0.395. The van der Waals surface area contributed by atoms with Crippen molar-refractivity contribution in [1.82, 2.24) is 10.2 Å². The predicted octanol–water partition coefficient (Wildman–Crippen LogP) is 2.35. The molecular formula is C11H7ClN6O7. The smallest absolute Gasteiger partial charge is 0.358 e. The van der Waals surface area contributed by atoms with Gasteiger partial charge in [0.1, 0.15) is 5.56 Å². The van der Waals surface area contributed by atoms with Crippen LogP contribution in [-0.2, 0) is 0 Å². The van der Waals surface area contributed by atoms with Gasteiger partial charge in [0.05, 0.1) is 15.5 Å². The van der Waals surface area contributed by atoms with E-state index in [1.54, 1.807) is 0 Å². The van der Waals surface area contributed by atoms with Gasteiger partial charge in [-0.2, -0.15) is 0 Å². The second-order valence-corrected chi connectivity index (χ2v) is 4.98. The Labute approximate surface area is 142 Å². The Kier molecular flexibility index (Phi) is 4.60. The third kappa shape index (κ3) is 3.35. The van der Waals surface area contributed by atoms with E-state index in [1.807, 2.05) is 5.10 Å². The zero-order valence-corrected chi connectivity index (χ0v) is 12.9. The number of H-pyrrole nitrogens is 1. The molecule has 0 aliphatic rings. The average molecular weight is 371 g/mol. The second-order valence-electron chi connectivity index (χ2n) is 4.60. The minimum absolute atomic E-state index is 0.193. The summed E-state index contributed by atoms with van der Waals surface area (Å²) in [4.78, 5) is 42.1. The number of nitrogens with one attached hydrogen (secondary N) is 2. The van der Waals surface area contributed by atoms with Gasteiger partial charge in [-0.1, -0.05) is 16.7 Å². The van der Waals surface area contributed by atoms with Crippen LogP contribution in [0.4, 0.5) is 22.9 Å². The molecule has 0 unspecified atom stereocenters. The molecule has 25 heavy (non-hydrogen) atoms. The quantitative estimate of drug-likeness (QED) is 0.592. The minimum atomic E-state index is -1.04. The maximum Gasteiger partial charge on any atom is 0.362 e. The van der Waals surface area contributed by atoms with E-state index < -0.39 is 48.6 Å². The number of carbonyl (C=O) groups excluding carboxylic acids is 1. The molecule has 1 heterocycles. The van der Waals surface area contributed by atoms with Crippen LogP contribution in [0.2, 0.25) is 5.02 Å². The van der Waals surface area contributed by atoms with Crippen LogP contribution in [-0.4, -0.2) is 30.9 Å². The maximum absolute atomic E-state index is 12.1. The van der Waals surface area contributed by atoms with E-state index in [4.69, 9.17) is 11.6 Å². The largest absolute Gasteiger partial charge is 0.362 e. The molecule has 1 aromatic heterocycles. The van der Waals surface area contributed by atoms with Crippen LogP contribution in [0, 0.1) is 37.3 Å². The van der Waals surface area contributed by atoms with Gasteiger partial charge < -0.3 is 15.4 Å². The number of rotatable bonds is 5. The van der Waals surface area contributed by atoms with Crippen LogP contribution in [0.1, 0.15) is 16.1 Å². The van der Waals surface area contributed by atoms with E-state index in [0.29, 0.717) is 0 Å². The monoisotopic (exact) mass is 370 g/mol. The Morgan fingerprint density at radius 1 is 1.12 bits per heavy atom. The molecular weight excluding hydrogens is 364 g/mol. The van der Waals surface area contributed by atoms with E-state index in [1.165, 1.54) is 6.92 Å². The standard InChI is InChI=1S/C11H7ClN6O7/c1-4-6(16(20)21)2-5(3-7(4)17(22)23)13-11(19)9-8(12)10(15-14-9)18(24)25/h2-3H,1H3,(H,13,19)(H,14,15). The van der Waals surface area contributed by atoms with Crippen molar-refractivity contribution in [3.63, 3.8) is 0 Å². The Morgan fingerprint density at radius 2 is 1.64 bits per heavy atom. The number of benzene rings is 1. The number of aromatic nitrogens is 2. The molecule has 1 amide bonds. The molecule has 0 aliphatic heterocycles. The summed E-state index contributed by atoms with van der Waals surface area (Å²) >= 11 is 5.66. The first kappa shape index (κ1) is 17.7. The Bertz CT molecular complexity index is 889. The second kappa shape index (κ2) is 6.48. The molecule has 2 aromatic rings. The van der Waals surface area contributed by atoms with Crippen LogP contribution in [0.15, 0.2) is 12.1 Å². The van der Waals surface area contributed by atoms with Crippen molar-refractivity contribution < 1.29 is 19.6 Å². The van der Waals surface area contributed by atoms with Crippen LogP contribution in [0.5, 0.6) is 0 Å². The fraction of sp³-hybridized carbons (Fsp3) is 0.0909. The number of amides is 1. The zero-order chi connectivity index (χ0) is 18.9. The highest BCUT2D eigenvalue weighted by Gasteiger charge is 2.27. The lowest BCUT2D eigenvalue weighted by Gasteiger charge is -2.05. The molecule has 13 nitrogen and oxygen atoms in total. The Morgan fingerprint density at radius 3 is 2.04 bits per heavy atom. The summed E-state index contributed by atoms with van der Waals surface area (Å²) in [5.41, 5.74) is -2.16. The number of aromatic amines is 1. The molecule has 0 saturated carbocycles. The number of hydrogen-bond donors (Lipinski definition) is 2. The summed E-state index contributed by atoms with van der Waals surface area (Å²) in [6.07, 6.45) is 0. The van der Waals surface area contributed by atoms with Crippen LogP contribution < -0.4 is 5.32 Å². The minimum Gasteiger partial charge on any atom is -0.358 e. The number of nitrogens with zero attached hydrogens (tertiary/aromatic N) is 4. The van der Waals surface area contributed by atoms with Gasteiger partial charge in [-0.05, 0) is 11.8 Å². The number of halogens is 1. The van der Waals surface area contributed by atoms with E-state index in [9.17, 15) is 35.1 Å². The highest BCUT2D eigenvalue weighted by atomic mass is 35.5. The molecule has 2 N–H and O–H groups in total. The average Bonchev–Trinajstić information content (AvgIpc) is 2.90. The molecule has 0 saturated heterocycles. The lowest BCUT2D eigenvalue weighted by atomic mass is 10.1. The SMILES string of the molecule is Cc1c([N+](=O)[O-])cc(NC(=O)c2n[nH]c([N+](=O)[O-])c2Cl)cc1[N+](=O)[O-].